The normalized spacial score (nSPS) is 14.9. The average Bonchev–Trinajstić information content (AvgIpc) is 2.68. The zero-order valence-electron chi connectivity index (χ0n) is 15.9. The van der Waals surface area contributed by atoms with Gasteiger partial charge in [0.15, 0.2) is 6.61 Å². The summed E-state index contributed by atoms with van der Waals surface area (Å²) in [6.07, 6.45) is 0. The predicted octanol–water partition coefficient (Wildman–Crippen LogP) is 2.39. The van der Waals surface area contributed by atoms with E-state index in [2.05, 4.69) is 29.3 Å². The maximum atomic E-state index is 12.1. The minimum Gasteiger partial charge on any atom is -0.483 e. The number of hydrogen-bond donors (Lipinski definition) is 2. The minimum absolute atomic E-state index is 0.0357. The number of rotatable bonds is 6. The number of hydrogen-bond acceptors (Lipinski definition) is 3. The Kier molecular flexibility index (Phi) is 6.58. The molecule has 0 aromatic heterocycles. The molecule has 3 rings (SSSR count). The maximum absolute atomic E-state index is 12.1. The van der Waals surface area contributed by atoms with Crippen LogP contribution in [0, 0.1) is 6.92 Å². The number of nitrogens with one attached hydrogen (secondary N) is 2. The Morgan fingerprint density at radius 2 is 1.89 bits per heavy atom. The Balaban J connectivity index is 1.50. The van der Waals surface area contributed by atoms with Gasteiger partial charge in [0.2, 0.25) is 0 Å². The van der Waals surface area contributed by atoms with Crippen molar-refractivity contribution < 1.29 is 14.4 Å². The third-order valence-corrected chi connectivity index (χ3v) is 5.22. The smallest absolute Gasteiger partial charge is 0.262 e. The van der Waals surface area contributed by atoms with Gasteiger partial charge in [0, 0.05) is 16.4 Å². The van der Waals surface area contributed by atoms with Gasteiger partial charge >= 0.3 is 0 Å². The zero-order valence-corrected chi connectivity index (χ0v) is 16.7. The van der Waals surface area contributed by atoms with Gasteiger partial charge in [-0.3, -0.25) is 4.79 Å². The Morgan fingerprint density at radius 3 is 2.52 bits per heavy atom. The van der Waals surface area contributed by atoms with E-state index >= 15 is 0 Å². The summed E-state index contributed by atoms with van der Waals surface area (Å²) < 4.78 is 5.58. The molecule has 144 valence electrons. The minimum atomic E-state index is -0.183. The lowest BCUT2D eigenvalue weighted by Crippen LogP contribution is -3.14. The molecule has 1 aliphatic rings. The maximum Gasteiger partial charge on any atom is 0.262 e. The quantitative estimate of drug-likeness (QED) is 0.798. The van der Waals surface area contributed by atoms with Crippen LogP contribution < -0.4 is 19.9 Å². The lowest BCUT2D eigenvalue weighted by molar-refractivity contribution is -0.898. The lowest BCUT2D eigenvalue weighted by Gasteiger charge is -2.33. The van der Waals surface area contributed by atoms with Crippen LogP contribution in [0.2, 0.25) is 5.02 Å². The molecule has 0 atom stereocenters. The molecule has 2 aromatic rings. The lowest BCUT2D eigenvalue weighted by atomic mass is 10.2. The van der Waals surface area contributed by atoms with Crippen LogP contribution >= 0.6 is 11.6 Å². The van der Waals surface area contributed by atoms with Crippen LogP contribution in [0.5, 0.6) is 5.75 Å². The highest BCUT2D eigenvalue weighted by molar-refractivity contribution is 6.30. The summed E-state index contributed by atoms with van der Waals surface area (Å²) in [6.45, 7) is 9.79. The first-order chi connectivity index (χ1) is 13.0. The number of ether oxygens (including phenoxy) is 1. The first-order valence-corrected chi connectivity index (χ1v) is 9.80. The van der Waals surface area contributed by atoms with Gasteiger partial charge in [-0.25, -0.2) is 0 Å². The van der Waals surface area contributed by atoms with Crippen molar-refractivity contribution in [1.29, 1.82) is 0 Å². The van der Waals surface area contributed by atoms with E-state index in [0.717, 1.165) is 24.3 Å². The summed E-state index contributed by atoms with van der Waals surface area (Å²) in [7, 11) is 0. The van der Waals surface area contributed by atoms with E-state index in [1.165, 1.54) is 25.3 Å². The molecule has 2 N–H and O–H groups in total. The molecule has 2 aromatic carbocycles. The Bertz CT molecular complexity index is 771. The monoisotopic (exact) mass is 388 g/mol. The third-order valence-electron chi connectivity index (χ3n) is 4.98. The summed E-state index contributed by atoms with van der Waals surface area (Å²) in [6, 6.07) is 13.4. The zero-order chi connectivity index (χ0) is 19.2. The Morgan fingerprint density at radius 1 is 1.19 bits per heavy atom. The summed E-state index contributed by atoms with van der Waals surface area (Å²) in [4.78, 5) is 16.2. The van der Waals surface area contributed by atoms with Crippen LogP contribution in [0.4, 0.5) is 11.4 Å². The van der Waals surface area contributed by atoms with E-state index in [9.17, 15) is 4.79 Å². The van der Waals surface area contributed by atoms with Crippen molar-refractivity contribution in [1.82, 2.24) is 0 Å². The van der Waals surface area contributed by atoms with Crippen molar-refractivity contribution in [3.05, 3.63) is 53.1 Å². The van der Waals surface area contributed by atoms with Crippen molar-refractivity contribution in [3.63, 3.8) is 0 Å². The molecule has 6 heteroatoms. The van der Waals surface area contributed by atoms with E-state index in [4.69, 9.17) is 16.3 Å². The summed E-state index contributed by atoms with van der Waals surface area (Å²) in [5.74, 6) is 0.482. The predicted molar refractivity (Wildman–Crippen MR) is 110 cm³/mol. The fourth-order valence-electron chi connectivity index (χ4n) is 3.31. The topological polar surface area (TPSA) is 46.0 Å². The number of benzene rings is 2. The van der Waals surface area contributed by atoms with Gasteiger partial charge in [-0.05, 0) is 61.9 Å². The summed E-state index contributed by atoms with van der Waals surface area (Å²) in [5, 5.41) is 3.53. The van der Waals surface area contributed by atoms with Gasteiger partial charge in [0.05, 0.1) is 32.7 Å². The van der Waals surface area contributed by atoms with Crippen molar-refractivity contribution in [2.45, 2.75) is 13.8 Å². The van der Waals surface area contributed by atoms with Gasteiger partial charge in [0.1, 0.15) is 5.75 Å². The van der Waals surface area contributed by atoms with Gasteiger partial charge in [0.25, 0.3) is 5.91 Å². The molecule has 0 aliphatic carbocycles. The third kappa shape index (κ3) is 5.37. The number of quaternary nitrogens is 1. The highest BCUT2D eigenvalue weighted by Gasteiger charge is 2.18. The number of anilines is 2. The number of amides is 1. The molecule has 1 heterocycles. The highest BCUT2D eigenvalue weighted by Crippen LogP contribution is 2.22. The largest absolute Gasteiger partial charge is 0.483 e. The number of carbonyl (C=O) groups excluding carboxylic acids is 1. The molecule has 0 radical (unpaired) electrons. The number of carbonyl (C=O) groups is 1. The number of nitrogens with zero attached hydrogens (tertiary/aromatic N) is 1. The average molecular weight is 389 g/mol. The van der Waals surface area contributed by atoms with E-state index in [1.807, 2.05) is 25.1 Å². The standard InChI is InChI=1S/C21H26ClN3O2/c1-3-24-10-12-25(13-11-24)19-7-5-18(6-8-19)23-21(26)15-27-20-9-4-17(22)14-16(20)2/h4-9,14H,3,10-13,15H2,1-2H3,(H,23,26)/p+1. The number of halogens is 1. The van der Waals surface area contributed by atoms with E-state index in [1.54, 1.807) is 17.0 Å². The highest BCUT2D eigenvalue weighted by atomic mass is 35.5. The van der Waals surface area contributed by atoms with Gasteiger partial charge in [-0.15, -0.1) is 0 Å². The van der Waals surface area contributed by atoms with Crippen LogP contribution in [-0.4, -0.2) is 45.2 Å². The Labute approximate surface area is 165 Å². The van der Waals surface area contributed by atoms with Crippen molar-refractivity contribution in [2.24, 2.45) is 0 Å². The van der Waals surface area contributed by atoms with Crippen LogP contribution in [0.15, 0.2) is 42.5 Å². The molecule has 0 bridgehead atoms. The van der Waals surface area contributed by atoms with Crippen molar-refractivity contribution in [2.75, 3.05) is 49.5 Å². The first kappa shape index (κ1) is 19.5. The fourth-order valence-corrected chi connectivity index (χ4v) is 3.53. The van der Waals surface area contributed by atoms with Gasteiger partial charge < -0.3 is 19.9 Å². The second-order valence-corrected chi connectivity index (χ2v) is 7.32. The fraction of sp³-hybridized carbons (Fsp3) is 0.381. The molecule has 27 heavy (non-hydrogen) atoms. The van der Waals surface area contributed by atoms with Crippen molar-refractivity contribution >= 4 is 28.9 Å². The molecular formula is C21H27ClN3O2+. The molecule has 5 nitrogen and oxygen atoms in total. The molecule has 0 saturated carbocycles. The SMILES string of the molecule is CC[NH+]1CCN(c2ccc(NC(=O)COc3ccc(Cl)cc3C)cc2)CC1. The molecule has 1 aliphatic heterocycles. The second-order valence-electron chi connectivity index (χ2n) is 6.88. The van der Waals surface area contributed by atoms with Gasteiger partial charge in [-0.1, -0.05) is 11.6 Å². The number of likely N-dealkylation sites (N-methyl/N-ethyl adjacent to an activating group) is 1. The molecule has 1 amide bonds. The molecule has 1 fully saturated rings. The number of aryl methyl sites for hydroxylation is 1. The van der Waals surface area contributed by atoms with E-state index in [-0.39, 0.29) is 12.5 Å². The summed E-state index contributed by atoms with van der Waals surface area (Å²) >= 11 is 5.93. The van der Waals surface area contributed by atoms with Crippen LogP contribution in [0.1, 0.15) is 12.5 Å². The number of piperazine rings is 1. The molecule has 1 saturated heterocycles. The Hall–Kier alpha value is -2.24. The van der Waals surface area contributed by atoms with E-state index < -0.39 is 0 Å². The van der Waals surface area contributed by atoms with Crippen LogP contribution in [0.25, 0.3) is 0 Å². The van der Waals surface area contributed by atoms with Crippen LogP contribution in [0.3, 0.4) is 0 Å². The first-order valence-electron chi connectivity index (χ1n) is 9.42. The molecular weight excluding hydrogens is 362 g/mol. The summed E-state index contributed by atoms with van der Waals surface area (Å²) in [5.41, 5.74) is 2.89. The van der Waals surface area contributed by atoms with Crippen molar-refractivity contribution in [3.8, 4) is 5.75 Å². The molecule has 0 unspecified atom stereocenters. The van der Waals surface area contributed by atoms with Gasteiger partial charge in [-0.2, -0.15) is 0 Å². The van der Waals surface area contributed by atoms with E-state index in [0.29, 0.717) is 10.8 Å². The molecule has 0 spiro atoms. The second kappa shape index (κ2) is 9.11. The van der Waals surface area contributed by atoms with Crippen LogP contribution in [-0.2, 0) is 4.79 Å².